The third kappa shape index (κ3) is 1.75. The highest BCUT2D eigenvalue weighted by molar-refractivity contribution is 5.99. The van der Waals surface area contributed by atoms with Crippen LogP contribution in [0.1, 0.15) is 38.2 Å². The molecule has 5 heteroatoms. The Balaban J connectivity index is 1.54. The largest absolute Gasteiger partial charge is 0.373 e. The highest BCUT2D eigenvalue weighted by Crippen LogP contribution is 2.70. The van der Waals surface area contributed by atoms with Gasteiger partial charge in [-0.25, -0.2) is 0 Å². The summed E-state index contributed by atoms with van der Waals surface area (Å²) >= 11 is 0. The molecule has 4 unspecified atom stereocenters. The highest BCUT2D eigenvalue weighted by atomic mass is 16.5. The molecule has 0 aromatic heterocycles. The van der Waals surface area contributed by atoms with Gasteiger partial charge in [0.1, 0.15) is 5.72 Å². The molecule has 6 aliphatic rings. The van der Waals surface area contributed by atoms with Gasteiger partial charge in [-0.1, -0.05) is 36.8 Å². The van der Waals surface area contributed by atoms with Crippen molar-refractivity contribution in [2.75, 3.05) is 31.2 Å². The fraction of sp³-hybridized carbons (Fsp3) is 0.625. The van der Waals surface area contributed by atoms with Crippen molar-refractivity contribution in [3.05, 3.63) is 41.5 Å². The SMILES string of the molecule is CCCOC12CC3C4=CCOC5CC(=O)N6c7ccccc7[C@@]1(CCN2C4)[C@@H]6C53. The molecule has 1 saturated carbocycles. The van der Waals surface area contributed by atoms with Gasteiger partial charge in [-0.15, -0.1) is 0 Å². The summed E-state index contributed by atoms with van der Waals surface area (Å²) in [5.74, 6) is 1.05. The van der Waals surface area contributed by atoms with Crippen molar-refractivity contribution in [2.24, 2.45) is 11.8 Å². The number of anilines is 1. The minimum atomic E-state index is -0.302. The van der Waals surface area contributed by atoms with Gasteiger partial charge in [0.2, 0.25) is 5.91 Å². The first-order valence-electron chi connectivity index (χ1n) is 11.3. The van der Waals surface area contributed by atoms with E-state index in [1.165, 1.54) is 11.1 Å². The first-order chi connectivity index (χ1) is 14.2. The zero-order valence-corrected chi connectivity index (χ0v) is 17.0. The average Bonchev–Trinajstić information content (AvgIpc) is 3.17. The molecule has 29 heavy (non-hydrogen) atoms. The number of hydrogen-bond donors (Lipinski definition) is 0. The number of carbonyl (C=O) groups excluding carboxylic acids is 1. The van der Waals surface area contributed by atoms with Crippen LogP contribution in [-0.2, 0) is 19.7 Å². The molecule has 2 bridgehead atoms. The van der Waals surface area contributed by atoms with E-state index in [9.17, 15) is 4.79 Å². The van der Waals surface area contributed by atoms with Crippen molar-refractivity contribution in [2.45, 2.75) is 55.9 Å². The molecule has 1 aromatic rings. The molecule has 152 valence electrons. The third-order valence-electron chi connectivity index (χ3n) is 8.86. The van der Waals surface area contributed by atoms with Crippen molar-refractivity contribution in [3.8, 4) is 0 Å². The number of amides is 1. The Labute approximate surface area is 171 Å². The lowest BCUT2D eigenvalue weighted by Gasteiger charge is -2.63. The summed E-state index contributed by atoms with van der Waals surface area (Å²) in [5.41, 5.74) is 3.54. The van der Waals surface area contributed by atoms with E-state index >= 15 is 0 Å². The van der Waals surface area contributed by atoms with Crippen LogP contribution in [0.15, 0.2) is 35.9 Å². The van der Waals surface area contributed by atoms with Gasteiger partial charge < -0.3 is 14.4 Å². The van der Waals surface area contributed by atoms with E-state index in [2.05, 4.69) is 47.1 Å². The van der Waals surface area contributed by atoms with Crippen LogP contribution in [0.3, 0.4) is 0 Å². The Morgan fingerprint density at radius 1 is 1.31 bits per heavy atom. The Bertz CT molecular complexity index is 944. The van der Waals surface area contributed by atoms with Gasteiger partial charge in [0.15, 0.2) is 0 Å². The van der Waals surface area contributed by atoms with E-state index in [4.69, 9.17) is 9.47 Å². The Morgan fingerprint density at radius 3 is 3.10 bits per heavy atom. The van der Waals surface area contributed by atoms with Crippen molar-refractivity contribution >= 4 is 11.6 Å². The Kier molecular flexibility index (Phi) is 3.24. The highest BCUT2D eigenvalue weighted by Gasteiger charge is 2.77. The third-order valence-corrected chi connectivity index (χ3v) is 8.86. The summed E-state index contributed by atoms with van der Waals surface area (Å²) in [7, 11) is 0. The number of fused-ring (bicyclic) bond motifs is 2. The lowest BCUT2D eigenvalue weighted by atomic mass is 9.51. The molecule has 3 saturated heterocycles. The second-order valence-corrected chi connectivity index (χ2v) is 9.74. The minimum absolute atomic E-state index is 0.0324. The smallest absolute Gasteiger partial charge is 0.229 e. The zero-order valence-electron chi connectivity index (χ0n) is 17.0. The summed E-state index contributed by atoms with van der Waals surface area (Å²) in [6, 6.07) is 8.82. The number of hydrogen-bond acceptors (Lipinski definition) is 4. The van der Waals surface area contributed by atoms with Crippen molar-refractivity contribution < 1.29 is 14.3 Å². The van der Waals surface area contributed by atoms with Crippen LogP contribution < -0.4 is 4.90 Å². The first-order valence-corrected chi connectivity index (χ1v) is 11.3. The summed E-state index contributed by atoms with van der Waals surface area (Å²) in [6.07, 6.45) is 5.97. The fourth-order valence-electron chi connectivity index (χ4n) is 8.05. The lowest BCUT2D eigenvalue weighted by molar-refractivity contribution is -0.227. The summed E-state index contributed by atoms with van der Waals surface area (Å²) in [5, 5.41) is 0. The predicted octanol–water partition coefficient (Wildman–Crippen LogP) is 2.85. The lowest BCUT2D eigenvalue weighted by Crippen LogP contribution is -2.75. The van der Waals surface area contributed by atoms with E-state index in [0.29, 0.717) is 24.9 Å². The molecule has 5 heterocycles. The summed E-state index contributed by atoms with van der Waals surface area (Å²) < 4.78 is 13.2. The molecule has 7 rings (SSSR count). The van der Waals surface area contributed by atoms with Gasteiger partial charge in [-0.2, -0.15) is 0 Å². The van der Waals surface area contributed by atoms with Crippen molar-refractivity contribution in [1.82, 2.24) is 4.90 Å². The molecule has 1 spiro atoms. The van der Waals surface area contributed by atoms with E-state index < -0.39 is 0 Å². The van der Waals surface area contributed by atoms with Crippen LogP contribution in [0.4, 0.5) is 5.69 Å². The molecule has 0 radical (unpaired) electrons. The predicted molar refractivity (Wildman–Crippen MR) is 109 cm³/mol. The van der Waals surface area contributed by atoms with E-state index in [0.717, 1.165) is 44.6 Å². The number of carbonyl (C=O) groups is 1. The molecule has 1 aliphatic carbocycles. The molecule has 5 nitrogen and oxygen atoms in total. The molecule has 6 atom stereocenters. The fourth-order valence-corrected chi connectivity index (χ4v) is 8.05. The number of para-hydroxylation sites is 1. The van der Waals surface area contributed by atoms with E-state index in [1.54, 1.807) is 0 Å². The van der Waals surface area contributed by atoms with Crippen LogP contribution >= 0.6 is 0 Å². The maximum Gasteiger partial charge on any atom is 0.229 e. The number of piperidine rings is 2. The van der Waals surface area contributed by atoms with Gasteiger partial charge in [-0.05, 0) is 36.8 Å². The number of ether oxygens (including phenoxy) is 2. The van der Waals surface area contributed by atoms with Gasteiger partial charge in [0.05, 0.1) is 30.6 Å². The molecule has 5 aliphatic heterocycles. The molecule has 4 fully saturated rings. The summed E-state index contributed by atoms with van der Waals surface area (Å²) in [4.78, 5) is 18.2. The topological polar surface area (TPSA) is 42.0 Å². The second-order valence-electron chi connectivity index (χ2n) is 9.74. The Hall–Kier alpha value is -1.69. The van der Waals surface area contributed by atoms with Crippen LogP contribution in [0.5, 0.6) is 0 Å². The van der Waals surface area contributed by atoms with Crippen molar-refractivity contribution in [1.29, 1.82) is 0 Å². The van der Waals surface area contributed by atoms with Crippen LogP contribution in [-0.4, -0.2) is 55.0 Å². The maximum atomic E-state index is 13.5. The van der Waals surface area contributed by atoms with Gasteiger partial charge in [0, 0.05) is 31.3 Å². The molecule has 0 N–H and O–H groups in total. The maximum absolute atomic E-state index is 13.5. The molecule has 1 amide bonds. The monoisotopic (exact) mass is 392 g/mol. The molecular weight excluding hydrogens is 364 g/mol. The number of benzene rings is 1. The quantitative estimate of drug-likeness (QED) is 0.742. The molecular formula is C24H28N2O3. The van der Waals surface area contributed by atoms with E-state index in [-0.39, 0.29) is 29.2 Å². The zero-order chi connectivity index (χ0) is 19.4. The van der Waals surface area contributed by atoms with Gasteiger partial charge in [-0.3, -0.25) is 9.69 Å². The van der Waals surface area contributed by atoms with Crippen LogP contribution in [0, 0.1) is 11.8 Å². The second kappa shape index (κ2) is 5.51. The minimum Gasteiger partial charge on any atom is -0.373 e. The summed E-state index contributed by atoms with van der Waals surface area (Å²) in [6.45, 7) is 5.64. The number of nitrogens with zero attached hydrogens (tertiary/aromatic N) is 2. The van der Waals surface area contributed by atoms with Crippen molar-refractivity contribution in [3.63, 3.8) is 0 Å². The van der Waals surface area contributed by atoms with Gasteiger partial charge in [0.25, 0.3) is 0 Å². The Morgan fingerprint density at radius 2 is 2.21 bits per heavy atom. The standard InChI is InChI=1S/C24H28N2O3/c1-2-10-29-24-13-16-15-7-11-28-19-12-20(27)26-18-6-4-3-5-17(18)23(24,22(26)21(16)19)8-9-25(24)14-15/h3-7,16,19,21-22H,2,8-14H2,1H3/t16?,19?,21?,22-,23-,24?/m0/s1. The van der Waals surface area contributed by atoms with Crippen LogP contribution in [0.25, 0.3) is 0 Å². The number of rotatable bonds is 3. The normalized spacial score (nSPS) is 43.8. The van der Waals surface area contributed by atoms with Gasteiger partial charge >= 0.3 is 0 Å². The average molecular weight is 392 g/mol. The van der Waals surface area contributed by atoms with Crippen LogP contribution in [0.2, 0.25) is 0 Å². The molecule has 1 aromatic carbocycles. The van der Waals surface area contributed by atoms with E-state index in [1.807, 2.05) is 0 Å². The first kappa shape index (κ1) is 17.0.